The Labute approximate surface area is 161 Å². The van der Waals surface area contributed by atoms with Gasteiger partial charge in [-0.3, -0.25) is 4.79 Å². The Balaban J connectivity index is 2.08. The number of nitrogens with zero attached hydrogens (tertiary/aromatic N) is 1. The molecule has 2 aromatic carbocycles. The minimum absolute atomic E-state index is 0.177. The predicted molar refractivity (Wildman–Crippen MR) is 105 cm³/mol. The molecule has 0 aliphatic rings. The Kier molecular flexibility index (Phi) is 7.97. The summed E-state index contributed by atoms with van der Waals surface area (Å²) in [6, 6.07) is 15.5. The summed E-state index contributed by atoms with van der Waals surface area (Å²) >= 11 is 0. The highest BCUT2D eigenvalue weighted by atomic mass is 32.2. The first-order valence-corrected chi connectivity index (χ1v) is 10.3. The number of amides is 1. The van der Waals surface area contributed by atoms with Crippen molar-refractivity contribution in [2.45, 2.75) is 24.8 Å². The number of sulfonamides is 1. The van der Waals surface area contributed by atoms with Gasteiger partial charge in [-0.25, -0.2) is 8.42 Å². The molecule has 146 valence electrons. The monoisotopic (exact) mass is 390 g/mol. The third-order valence-corrected chi connectivity index (χ3v) is 6.05. The minimum Gasteiger partial charge on any atom is -0.385 e. The largest absolute Gasteiger partial charge is 0.385 e. The first-order chi connectivity index (χ1) is 13.0. The number of carbonyl (C=O) groups is 1. The van der Waals surface area contributed by atoms with Crippen LogP contribution in [0.5, 0.6) is 0 Å². The van der Waals surface area contributed by atoms with E-state index in [1.807, 2.05) is 37.3 Å². The Hall–Kier alpha value is -2.22. The van der Waals surface area contributed by atoms with Crippen molar-refractivity contribution in [1.82, 2.24) is 9.62 Å². The molecule has 0 unspecified atom stereocenters. The number of carbonyl (C=O) groups excluding carboxylic acids is 1. The molecule has 1 amide bonds. The lowest BCUT2D eigenvalue weighted by atomic mass is 10.2. The lowest BCUT2D eigenvalue weighted by Crippen LogP contribution is -2.30. The summed E-state index contributed by atoms with van der Waals surface area (Å²) in [4.78, 5) is 12.3. The molecule has 0 saturated carbocycles. The van der Waals surface area contributed by atoms with Crippen molar-refractivity contribution in [3.8, 4) is 0 Å². The van der Waals surface area contributed by atoms with Crippen LogP contribution in [0, 0.1) is 0 Å². The van der Waals surface area contributed by atoms with E-state index in [0.29, 0.717) is 31.8 Å². The molecule has 1 N–H and O–H groups in total. The molecular weight excluding hydrogens is 364 g/mol. The van der Waals surface area contributed by atoms with Crippen LogP contribution >= 0.6 is 0 Å². The van der Waals surface area contributed by atoms with Crippen molar-refractivity contribution in [1.29, 1.82) is 0 Å². The smallest absolute Gasteiger partial charge is 0.251 e. The van der Waals surface area contributed by atoms with Gasteiger partial charge in [0.15, 0.2) is 0 Å². The van der Waals surface area contributed by atoms with Gasteiger partial charge in [0.2, 0.25) is 10.0 Å². The quantitative estimate of drug-likeness (QED) is 0.633. The molecule has 0 bridgehead atoms. The van der Waals surface area contributed by atoms with Gasteiger partial charge in [0.1, 0.15) is 0 Å². The maximum absolute atomic E-state index is 12.9. The fraction of sp³-hybridized carbons (Fsp3) is 0.350. The van der Waals surface area contributed by atoms with Crippen LogP contribution in [0.4, 0.5) is 0 Å². The summed E-state index contributed by atoms with van der Waals surface area (Å²) in [6.07, 6.45) is 0.722. The fourth-order valence-electron chi connectivity index (χ4n) is 2.60. The Morgan fingerprint density at radius 3 is 2.33 bits per heavy atom. The summed E-state index contributed by atoms with van der Waals surface area (Å²) in [5.41, 5.74) is 1.35. The van der Waals surface area contributed by atoms with E-state index in [0.717, 1.165) is 12.0 Å². The van der Waals surface area contributed by atoms with E-state index in [4.69, 9.17) is 4.74 Å². The second-order valence-corrected chi connectivity index (χ2v) is 7.98. The molecule has 7 heteroatoms. The Morgan fingerprint density at radius 2 is 1.74 bits per heavy atom. The van der Waals surface area contributed by atoms with Crippen LogP contribution in [-0.2, 0) is 21.3 Å². The summed E-state index contributed by atoms with van der Waals surface area (Å²) in [6.45, 7) is 3.56. The van der Waals surface area contributed by atoms with E-state index in [9.17, 15) is 13.2 Å². The van der Waals surface area contributed by atoms with Gasteiger partial charge in [0, 0.05) is 38.9 Å². The average molecular weight is 391 g/mol. The molecule has 27 heavy (non-hydrogen) atoms. The van der Waals surface area contributed by atoms with Gasteiger partial charge in [0.05, 0.1) is 4.90 Å². The number of rotatable bonds is 10. The maximum Gasteiger partial charge on any atom is 0.251 e. The van der Waals surface area contributed by atoms with E-state index < -0.39 is 10.0 Å². The van der Waals surface area contributed by atoms with Crippen LogP contribution < -0.4 is 5.32 Å². The standard InChI is InChI=1S/C20H26N2O4S/c1-3-22(16-17-8-5-4-6-9-17)27(24,25)19-12-10-18(11-13-19)20(23)21-14-7-15-26-2/h4-6,8-13H,3,7,14-16H2,1-2H3,(H,21,23). The molecule has 0 spiro atoms. The topological polar surface area (TPSA) is 75.7 Å². The zero-order valence-corrected chi connectivity index (χ0v) is 16.5. The highest BCUT2D eigenvalue weighted by molar-refractivity contribution is 7.89. The Morgan fingerprint density at radius 1 is 1.07 bits per heavy atom. The summed E-state index contributed by atoms with van der Waals surface area (Å²) in [7, 11) is -2.02. The SMILES string of the molecule is CCN(Cc1ccccc1)S(=O)(=O)c1ccc(C(=O)NCCCOC)cc1. The first kappa shape index (κ1) is 21.1. The first-order valence-electron chi connectivity index (χ1n) is 8.90. The third kappa shape index (κ3) is 5.89. The van der Waals surface area contributed by atoms with E-state index in [2.05, 4.69) is 5.32 Å². The predicted octanol–water partition coefficient (Wildman–Crippen LogP) is 2.66. The molecule has 0 atom stereocenters. The molecular formula is C20H26N2O4S. The van der Waals surface area contributed by atoms with E-state index in [-0.39, 0.29) is 10.8 Å². The number of benzene rings is 2. The maximum atomic E-state index is 12.9. The zero-order chi connectivity index (χ0) is 19.7. The zero-order valence-electron chi connectivity index (χ0n) is 15.7. The Bertz CT molecular complexity index is 821. The van der Waals surface area contributed by atoms with Gasteiger partial charge in [0.25, 0.3) is 5.91 Å². The van der Waals surface area contributed by atoms with Crippen LogP contribution in [-0.4, -0.2) is 45.4 Å². The van der Waals surface area contributed by atoms with E-state index >= 15 is 0 Å². The normalized spacial score (nSPS) is 11.5. The molecule has 6 nitrogen and oxygen atoms in total. The molecule has 0 saturated heterocycles. The number of methoxy groups -OCH3 is 1. The molecule has 2 rings (SSSR count). The van der Waals surface area contributed by atoms with Crippen molar-refractivity contribution in [2.24, 2.45) is 0 Å². The van der Waals surface area contributed by atoms with Crippen molar-refractivity contribution in [2.75, 3.05) is 26.8 Å². The lowest BCUT2D eigenvalue weighted by molar-refractivity contribution is 0.0948. The highest BCUT2D eigenvalue weighted by Crippen LogP contribution is 2.19. The van der Waals surface area contributed by atoms with Crippen molar-refractivity contribution in [3.05, 3.63) is 65.7 Å². The molecule has 0 aliphatic heterocycles. The average Bonchev–Trinajstić information content (AvgIpc) is 2.70. The van der Waals surface area contributed by atoms with Gasteiger partial charge in [-0.1, -0.05) is 37.3 Å². The number of nitrogens with one attached hydrogen (secondary N) is 1. The van der Waals surface area contributed by atoms with Crippen LogP contribution in [0.25, 0.3) is 0 Å². The van der Waals surface area contributed by atoms with E-state index in [1.165, 1.54) is 28.6 Å². The van der Waals surface area contributed by atoms with Crippen molar-refractivity contribution in [3.63, 3.8) is 0 Å². The number of ether oxygens (including phenoxy) is 1. The minimum atomic E-state index is -3.63. The van der Waals surface area contributed by atoms with Gasteiger partial charge in [-0.05, 0) is 36.2 Å². The molecule has 2 aromatic rings. The molecule has 0 fully saturated rings. The van der Waals surface area contributed by atoms with Gasteiger partial charge >= 0.3 is 0 Å². The third-order valence-electron chi connectivity index (χ3n) is 4.12. The second kappa shape index (κ2) is 10.2. The number of hydrogen-bond donors (Lipinski definition) is 1. The lowest BCUT2D eigenvalue weighted by Gasteiger charge is -2.20. The van der Waals surface area contributed by atoms with Gasteiger partial charge < -0.3 is 10.1 Å². The van der Waals surface area contributed by atoms with Crippen LogP contribution in [0.1, 0.15) is 29.3 Å². The highest BCUT2D eigenvalue weighted by Gasteiger charge is 2.23. The van der Waals surface area contributed by atoms with Crippen molar-refractivity contribution >= 4 is 15.9 Å². The van der Waals surface area contributed by atoms with E-state index in [1.54, 1.807) is 7.11 Å². The number of hydrogen-bond acceptors (Lipinski definition) is 4. The summed E-state index contributed by atoms with van der Waals surface area (Å²) in [5.74, 6) is -0.230. The van der Waals surface area contributed by atoms with Gasteiger partial charge in [-0.15, -0.1) is 0 Å². The van der Waals surface area contributed by atoms with Gasteiger partial charge in [-0.2, -0.15) is 4.31 Å². The summed E-state index contributed by atoms with van der Waals surface area (Å²) in [5, 5.41) is 2.78. The second-order valence-electron chi connectivity index (χ2n) is 6.04. The van der Waals surface area contributed by atoms with Crippen LogP contribution in [0.2, 0.25) is 0 Å². The van der Waals surface area contributed by atoms with Crippen LogP contribution in [0.15, 0.2) is 59.5 Å². The molecule has 0 heterocycles. The molecule has 0 radical (unpaired) electrons. The fourth-order valence-corrected chi connectivity index (χ4v) is 4.04. The molecule has 0 aliphatic carbocycles. The molecule has 0 aromatic heterocycles. The van der Waals surface area contributed by atoms with Crippen LogP contribution in [0.3, 0.4) is 0 Å². The summed E-state index contributed by atoms with van der Waals surface area (Å²) < 4.78 is 32.2. The van der Waals surface area contributed by atoms with Crippen molar-refractivity contribution < 1.29 is 17.9 Å².